The van der Waals surface area contributed by atoms with Gasteiger partial charge in [0.15, 0.2) is 0 Å². The highest BCUT2D eigenvalue weighted by atomic mass is 16.4. The molecule has 166 valence electrons. The van der Waals surface area contributed by atoms with Crippen molar-refractivity contribution in [1.82, 2.24) is 10.6 Å². The largest absolute Gasteiger partial charge is 0.480 e. The van der Waals surface area contributed by atoms with Crippen molar-refractivity contribution in [2.75, 3.05) is 7.05 Å². The van der Waals surface area contributed by atoms with Gasteiger partial charge in [-0.3, -0.25) is 14.4 Å². The topological polar surface area (TPSA) is 116 Å². The van der Waals surface area contributed by atoms with Gasteiger partial charge < -0.3 is 20.8 Å². The van der Waals surface area contributed by atoms with Crippen LogP contribution in [0.1, 0.15) is 97.8 Å². The van der Waals surface area contributed by atoms with Gasteiger partial charge in [-0.1, -0.05) is 71.1 Å². The molecule has 0 rings (SSSR count). The number of carbonyl (C=O) groups excluding carboxylic acids is 1. The van der Waals surface area contributed by atoms with Gasteiger partial charge in [-0.05, 0) is 27.3 Å². The Kier molecular flexibility index (Phi) is 20.5. The zero-order chi connectivity index (χ0) is 21.8. The molecule has 2 atom stereocenters. The summed E-state index contributed by atoms with van der Waals surface area (Å²) in [5.41, 5.74) is 0. The van der Waals surface area contributed by atoms with E-state index in [1.165, 1.54) is 64.7 Å². The van der Waals surface area contributed by atoms with E-state index in [1.54, 1.807) is 14.0 Å². The molecule has 1 amide bonds. The summed E-state index contributed by atoms with van der Waals surface area (Å²) in [6.45, 7) is 5.31. The van der Waals surface area contributed by atoms with Crippen LogP contribution in [0.5, 0.6) is 0 Å². The van der Waals surface area contributed by atoms with E-state index >= 15 is 0 Å². The number of aliphatic carboxylic acids is 2. The van der Waals surface area contributed by atoms with Crippen LogP contribution in [0.3, 0.4) is 0 Å². The number of hydrogen-bond donors (Lipinski definition) is 4. The van der Waals surface area contributed by atoms with E-state index in [0.717, 1.165) is 12.8 Å². The van der Waals surface area contributed by atoms with Crippen molar-refractivity contribution in [2.45, 2.75) is 110 Å². The van der Waals surface area contributed by atoms with Crippen LogP contribution in [0.2, 0.25) is 0 Å². The molecule has 4 N–H and O–H groups in total. The number of hydrogen-bond acceptors (Lipinski definition) is 4. The van der Waals surface area contributed by atoms with Gasteiger partial charge in [0.05, 0.1) is 0 Å². The number of likely N-dealkylation sites (N-methyl/N-ethyl adjacent to an activating group) is 1. The molecule has 0 aromatic heterocycles. The summed E-state index contributed by atoms with van der Waals surface area (Å²) in [6.07, 6.45) is 14.2. The summed E-state index contributed by atoms with van der Waals surface area (Å²) in [5, 5.41) is 21.8. The first-order chi connectivity index (χ1) is 13.3. The second-order valence-electron chi connectivity index (χ2n) is 7.26. The van der Waals surface area contributed by atoms with Crippen LogP contribution in [0.25, 0.3) is 0 Å². The van der Waals surface area contributed by atoms with Gasteiger partial charge in [0.1, 0.15) is 12.1 Å². The van der Waals surface area contributed by atoms with Gasteiger partial charge in [-0.2, -0.15) is 0 Å². The minimum absolute atomic E-state index is 0.152. The molecule has 0 saturated heterocycles. The summed E-state index contributed by atoms with van der Waals surface area (Å²) in [6, 6.07) is -1.22. The summed E-state index contributed by atoms with van der Waals surface area (Å²) in [4.78, 5) is 31.9. The van der Waals surface area contributed by atoms with Gasteiger partial charge in [0.2, 0.25) is 5.91 Å². The highest BCUT2D eigenvalue weighted by molar-refractivity contribution is 5.83. The minimum Gasteiger partial charge on any atom is -0.480 e. The maximum atomic E-state index is 11.4. The summed E-state index contributed by atoms with van der Waals surface area (Å²) >= 11 is 0. The molecule has 0 aliphatic heterocycles. The third kappa shape index (κ3) is 20.7. The fraction of sp³-hybridized carbons (Fsp3) is 0.857. The molecular weight excluding hydrogens is 360 g/mol. The van der Waals surface area contributed by atoms with Gasteiger partial charge in [0.25, 0.3) is 0 Å². The zero-order valence-electron chi connectivity index (χ0n) is 18.3. The third-order valence-corrected chi connectivity index (χ3v) is 4.56. The summed E-state index contributed by atoms with van der Waals surface area (Å²) < 4.78 is 0. The number of carboxylic acids is 2. The summed E-state index contributed by atoms with van der Waals surface area (Å²) in [5.74, 6) is -1.95. The lowest BCUT2D eigenvalue weighted by Gasteiger charge is -2.08. The molecule has 0 saturated carbocycles. The van der Waals surface area contributed by atoms with Crippen molar-refractivity contribution in [1.29, 1.82) is 0 Å². The quantitative estimate of drug-likeness (QED) is 0.290. The molecule has 28 heavy (non-hydrogen) atoms. The molecule has 0 aliphatic rings. The van der Waals surface area contributed by atoms with Crippen LogP contribution >= 0.6 is 0 Å². The predicted octanol–water partition coefficient (Wildman–Crippen LogP) is 3.96. The van der Waals surface area contributed by atoms with E-state index in [2.05, 4.69) is 17.6 Å². The Hall–Kier alpha value is -1.63. The molecule has 0 spiro atoms. The second-order valence-corrected chi connectivity index (χ2v) is 7.26. The van der Waals surface area contributed by atoms with Crippen LogP contribution in [0.15, 0.2) is 0 Å². The van der Waals surface area contributed by atoms with Gasteiger partial charge in [0, 0.05) is 6.42 Å². The molecule has 0 aliphatic carbocycles. The van der Waals surface area contributed by atoms with Crippen LogP contribution < -0.4 is 10.6 Å². The predicted molar refractivity (Wildman–Crippen MR) is 112 cm³/mol. The van der Waals surface area contributed by atoms with E-state index in [-0.39, 0.29) is 5.91 Å². The third-order valence-electron chi connectivity index (χ3n) is 4.56. The van der Waals surface area contributed by atoms with Crippen molar-refractivity contribution in [3.05, 3.63) is 0 Å². The number of amides is 1. The molecule has 0 fully saturated rings. The van der Waals surface area contributed by atoms with Crippen molar-refractivity contribution in [3.8, 4) is 0 Å². The summed E-state index contributed by atoms with van der Waals surface area (Å²) in [7, 11) is 1.61. The molecule has 7 heteroatoms. The normalized spacial score (nSPS) is 12.4. The highest BCUT2D eigenvalue weighted by Gasteiger charge is 2.13. The minimum atomic E-state index is -0.984. The first-order valence-corrected chi connectivity index (χ1v) is 10.7. The van der Waals surface area contributed by atoms with Crippen LogP contribution in [0.4, 0.5) is 0 Å². The number of rotatable bonds is 16. The Bertz CT molecular complexity index is 416. The molecule has 0 aromatic carbocycles. The standard InChI is InChI=1S/C17H33NO3.C4H9NO2/c1-3-4-5-6-7-8-9-10-11-12-13-14-16(19)18-15(2)17(20)21;1-3(5-2)4(6)7/h15H,3-14H2,1-2H3,(H,18,19)(H,20,21);3,5H,1-2H3,(H,6,7). The lowest BCUT2D eigenvalue weighted by atomic mass is 10.1. The first-order valence-electron chi connectivity index (χ1n) is 10.7. The maximum absolute atomic E-state index is 11.4. The Morgan fingerprint density at radius 2 is 1.11 bits per heavy atom. The maximum Gasteiger partial charge on any atom is 0.325 e. The number of nitrogens with one attached hydrogen (secondary N) is 2. The van der Waals surface area contributed by atoms with E-state index in [4.69, 9.17) is 10.2 Å². The van der Waals surface area contributed by atoms with Crippen LogP contribution in [0, 0.1) is 0 Å². The van der Waals surface area contributed by atoms with Gasteiger partial charge in [-0.15, -0.1) is 0 Å². The first kappa shape index (κ1) is 28.6. The van der Waals surface area contributed by atoms with Gasteiger partial charge >= 0.3 is 11.9 Å². The van der Waals surface area contributed by atoms with Crippen molar-refractivity contribution in [3.63, 3.8) is 0 Å². The number of carbonyl (C=O) groups is 3. The van der Waals surface area contributed by atoms with Crippen LogP contribution in [-0.2, 0) is 14.4 Å². The lowest BCUT2D eigenvalue weighted by Crippen LogP contribution is -2.38. The molecule has 0 bridgehead atoms. The van der Waals surface area contributed by atoms with E-state index < -0.39 is 24.0 Å². The van der Waals surface area contributed by atoms with E-state index in [1.807, 2.05) is 0 Å². The zero-order valence-corrected chi connectivity index (χ0v) is 18.3. The Morgan fingerprint density at radius 3 is 1.43 bits per heavy atom. The number of carboxylic acid groups (broad SMARTS) is 2. The Balaban J connectivity index is 0. The SMILES string of the molecule is CCCCCCCCCCCCCC(=O)NC(C)C(=O)O.CNC(C)C(=O)O. The molecule has 7 nitrogen and oxygen atoms in total. The molecule has 0 radical (unpaired) electrons. The highest BCUT2D eigenvalue weighted by Crippen LogP contribution is 2.11. The average Bonchev–Trinajstić information content (AvgIpc) is 2.65. The number of unbranched alkanes of at least 4 members (excludes halogenated alkanes) is 10. The lowest BCUT2D eigenvalue weighted by molar-refractivity contribution is -0.141. The van der Waals surface area contributed by atoms with Crippen molar-refractivity contribution < 1.29 is 24.6 Å². The fourth-order valence-corrected chi connectivity index (χ4v) is 2.45. The van der Waals surface area contributed by atoms with Crippen molar-refractivity contribution >= 4 is 17.8 Å². The van der Waals surface area contributed by atoms with Crippen LogP contribution in [-0.4, -0.2) is 47.2 Å². The molecule has 2 unspecified atom stereocenters. The Labute approximate surface area is 170 Å². The fourth-order valence-electron chi connectivity index (χ4n) is 2.45. The molecular formula is C21H42N2O5. The van der Waals surface area contributed by atoms with E-state index in [0.29, 0.717) is 6.42 Å². The van der Waals surface area contributed by atoms with E-state index in [9.17, 15) is 14.4 Å². The van der Waals surface area contributed by atoms with Crippen molar-refractivity contribution in [2.24, 2.45) is 0 Å². The second kappa shape index (κ2) is 20.1. The molecule has 0 aromatic rings. The average molecular weight is 403 g/mol. The monoisotopic (exact) mass is 402 g/mol. The smallest absolute Gasteiger partial charge is 0.325 e. The molecule has 0 heterocycles. The van der Waals surface area contributed by atoms with Gasteiger partial charge in [-0.25, -0.2) is 0 Å². The Morgan fingerprint density at radius 1 is 0.714 bits per heavy atom.